The average Bonchev–Trinajstić information content (AvgIpc) is 3.01. The summed E-state index contributed by atoms with van der Waals surface area (Å²) in [6, 6.07) is 10.3. The van der Waals surface area contributed by atoms with Gasteiger partial charge in [0.25, 0.3) is 0 Å². The Bertz CT molecular complexity index is 780. The van der Waals surface area contributed by atoms with Gasteiger partial charge in [-0.25, -0.2) is 0 Å². The van der Waals surface area contributed by atoms with Crippen molar-refractivity contribution in [3.63, 3.8) is 0 Å². The fraction of sp³-hybridized carbons (Fsp3) is 0.609. The molecule has 2 aromatic rings. The third kappa shape index (κ3) is 8.40. The van der Waals surface area contributed by atoms with E-state index in [1.165, 1.54) is 24.8 Å². The zero-order chi connectivity index (χ0) is 21.0. The molecule has 7 nitrogen and oxygen atoms in total. The summed E-state index contributed by atoms with van der Waals surface area (Å²) >= 11 is 0. The number of aromatic nitrogens is 3. The largest absolute Gasteiger partial charge is 0.374 e. The molecule has 0 spiro atoms. The molecule has 0 amide bonds. The third-order valence-corrected chi connectivity index (χ3v) is 5.53. The standard InChI is InChI=1S/C23H36N6O.HI/c1-19(20-11-5-3-6-12-20)30-18-10-16-26-23(24-2)25-15-9-14-22-28-27-21-13-7-4-8-17-29(21)22;/h3,5-6,11-12,19H,4,7-10,13-18H2,1-2H3,(H2,24,25,26);1H. The van der Waals surface area contributed by atoms with Gasteiger partial charge in [-0.1, -0.05) is 36.8 Å². The Labute approximate surface area is 203 Å². The number of nitrogens with zero attached hydrogens (tertiary/aromatic N) is 4. The van der Waals surface area contributed by atoms with E-state index in [0.717, 1.165) is 69.5 Å². The Hall–Kier alpha value is -1.68. The molecule has 0 saturated carbocycles. The Morgan fingerprint density at radius 2 is 1.87 bits per heavy atom. The van der Waals surface area contributed by atoms with Crippen LogP contribution < -0.4 is 10.6 Å². The third-order valence-electron chi connectivity index (χ3n) is 5.53. The van der Waals surface area contributed by atoms with Crippen molar-refractivity contribution in [2.75, 3.05) is 26.7 Å². The van der Waals surface area contributed by atoms with E-state index < -0.39 is 0 Å². The summed E-state index contributed by atoms with van der Waals surface area (Å²) in [5.41, 5.74) is 1.22. The topological polar surface area (TPSA) is 76.4 Å². The van der Waals surface area contributed by atoms with Crippen LogP contribution in [0.15, 0.2) is 35.3 Å². The first-order chi connectivity index (χ1) is 14.8. The Kier molecular flexibility index (Phi) is 11.9. The first-order valence-corrected chi connectivity index (χ1v) is 11.3. The van der Waals surface area contributed by atoms with E-state index in [4.69, 9.17) is 4.74 Å². The number of guanidine groups is 1. The van der Waals surface area contributed by atoms with E-state index >= 15 is 0 Å². The van der Waals surface area contributed by atoms with Crippen molar-refractivity contribution in [1.29, 1.82) is 0 Å². The van der Waals surface area contributed by atoms with Crippen LogP contribution in [0.3, 0.4) is 0 Å². The van der Waals surface area contributed by atoms with Gasteiger partial charge in [0.05, 0.1) is 6.10 Å². The molecule has 3 rings (SSSR count). The SMILES string of the molecule is CN=C(NCCCOC(C)c1ccccc1)NCCCc1nnc2n1CCCCC2.I. The summed E-state index contributed by atoms with van der Waals surface area (Å²) in [6.07, 6.45) is 7.84. The maximum atomic E-state index is 5.92. The van der Waals surface area contributed by atoms with Crippen LogP contribution in [-0.2, 0) is 24.1 Å². The average molecular weight is 540 g/mol. The number of benzene rings is 1. The van der Waals surface area contributed by atoms with E-state index in [0.29, 0.717) is 0 Å². The number of nitrogens with one attached hydrogen (secondary N) is 2. The molecular formula is C23H37IN6O. The lowest BCUT2D eigenvalue weighted by molar-refractivity contribution is 0.0646. The summed E-state index contributed by atoms with van der Waals surface area (Å²) in [4.78, 5) is 4.31. The fourth-order valence-electron chi connectivity index (χ4n) is 3.76. The monoisotopic (exact) mass is 540 g/mol. The second-order valence-corrected chi connectivity index (χ2v) is 7.80. The van der Waals surface area contributed by atoms with Crippen molar-refractivity contribution >= 4 is 29.9 Å². The second kappa shape index (κ2) is 14.4. The summed E-state index contributed by atoms with van der Waals surface area (Å²) in [5.74, 6) is 3.13. The number of halogens is 1. The highest BCUT2D eigenvalue weighted by molar-refractivity contribution is 14.0. The quantitative estimate of drug-likeness (QED) is 0.207. The number of aliphatic imine (C=N–C) groups is 1. The number of aryl methyl sites for hydroxylation is 2. The van der Waals surface area contributed by atoms with E-state index in [1.807, 2.05) is 25.2 Å². The van der Waals surface area contributed by atoms with Gasteiger partial charge in [-0.05, 0) is 38.2 Å². The molecule has 1 unspecified atom stereocenters. The predicted octanol–water partition coefficient (Wildman–Crippen LogP) is 3.89. The minimum absolute atomic E-state index is 0. The highest BCUT2D eigenvalue weighted by Gasteiger charge is 2.14. The lowest BCUT2D eigenvalue weighted by Gasteiger charge is -2.15. The molecule has 0 radical (unpaired) electrons. The molecular weight excluding hydrogens is 503 g/mol. The molecule has 0 fully saturated rings. The van der Waals surface area contributed by atoms with E-state index in [-0.39, 0.29) is 30.1 Å². The van der Waals surface area contributed by atoms with Gasteiger partial charge in [-0.3, -0.25) is 4.99 Å². The summed E-state index contributed by atoms with van der Waals surface area (Å²) in [7, 11) is 1.81. The highest BCUT2D eigenvalue weighted by Crippen LogP contribution is 2.16. The molecule has 8 heteroatoms. The molecule has 1 aliphatic rings. The second-order valence-electron chi connectivity index (χ2n) is 7.80. The fourth-order valence-corrected chi connectivity index (χ4v) is 3.76. The Morgan fingerprint density at radius 1 is 1.10 bits per heavy atom. The first-order valence-electron chi connectivity index (χ1n) is 11.3. The maximum Gasteiger partial charge on any atom is 0.190 e. The number of rotatable bonds is 10. The van der Waals surface area contributed by atoms with Crippen LogP contribution in [0.2, 0.25) is 0 Å². The maximum absolute atomic E-state index is 5.92. The van der Waals surface area contributed by atoms with Crippen LogP contribution in [0.5, 0.6) is 0 Å². The van der Waals surface area contributed by atoms with Gasteiger partial charge in [0.1, 0.15) is 11.6 Å². The predicted molar refractivity (Wildman–Crippen MR) is 136 cm³/mol. The van der Waals surface area contributed by atoms with Crippen molar-refractivity contribution in [2.24, 2.45) is 4.99 Å². The minimum Gasteiger partial charge on any atom is -0.374 e. The van der Waals surface area contributed by atoms with Gasteiger partial charge in [0, 0.05) is 46.1 Å². The molecule has 0 aliphatic carbocycles. The van der Waals surface area contributed by atoms with Crippen molar-refractivity contribution in [3.05, 3.63) is 47.5 Å². The van der Waals surface area contributed by atoms with Crippen LogP contribution in [0.4, 0.5) is 0 Å². The van der Waals surface area contributed by atoms with Crippen molar-refractivity contribution in [1.82, 2.24) is 25.4 Å². The van der Waals surface area contributed by atoms with Gasteiger partial charge in [-0.15, -0.1) is 34.2 Å². The molecule has 1 atom stereocenters. The lowest BCUT2D eigenvalue weighted by atomic mass is 10.1. The van der Waals surface area contributed by atoms with Gasteiger partial charge in [0.2, 0.25) is 0 Å². The molecule has 0 saturated heterocycles. The summed E-state index contributed by atoms with van der Waals surface area (Å²) < 4.78 is 8.25. The zero-order valence-corrected chi connectivity index (χ0v) is 21.2. The highest BCUT2D eigenvalue weighted by atomic mass is 127. The molecule has 2 heterocycles. The molecule has 2 N–H and O–H groups in total. The zero-order valence-electron chi connectivity index (χ0n) is 18.8. The van der Waals surface area contributed by atoms with Crippen LogP contribution in [-0.4, -0.2) is 47.5 Å². The number of ether oxygens (including phenoxy) is 1. The minimum atomic E-state index is 0. The number of fused-ring (bicyclic) bond motifs is 1. The Balaban J connectivity index is 0.00000341. The number of hydrogen-bond acceptors (Lipinski definition) is 4. The molecule has 1 aromatic heterocycles. The van der Waals surface area contributed by atoms with Crippen LogP contribution in [0.1, 0.15) is 62.3 Å². The van der Waals surface area contributed by atoms with Crippen molar-refractivity contribution in [2.45, 2.75) is 64.5 Å². The van der Waals surface area contributed by atoms with Gasteiger partial charge < -0.3 is 19.9 Å². The lowest BCUT2D eigenvalue weighted by Crippen LogP contribution is -2.38. The van der Waals surface area contributed by atoms with E-state index in [1.54, 1.807) is 0 Å². The normalized spacial score (nSPS) is 14.8. The van der Waals surface area contributed by atoms with Crippen LogP contribution in [0.25, 0.3) is 0 Å². The summed E-state index contributed by atoms with van der Waals surface area (Å²) in [5, 5.41) is 15.5. The molecule has 1 aromatic carbocycles. The molecule has 31 heavy (non-hydrogen) atoms. The molecule has 0 bridgehead atoms. The van der Waals surface area contributed by atoms with Gasteiger partial charge in [-0.2, -0.15) is 0 Å². The van der Waals surface area contributed by atoms with Crippen molar-refractivity contribution < 1.29 is 4.74 Å². The smallest absolute Gasteiger partial charge is 0.190 e. The van der Waals surface area contributed by atoms with Gasteiger partial charge in [0.15, 0.2) is 5.96 Å². The van der Waals surface area contributed by atoms with E-state index in [2.05, 4.69) is 49.4 Å². The molecule has 172 valence electrons. The number of hydrogen-bond donors (Lipinski definition) is 2. The first kappa shape index (κ1) is 25.6. The Morgan fingerprint density at radius 3 is 2.65 bits per heavy atom. The van der Waals surface area contributed by atoms with Crippen LogP contribution in [0, 0.1) is 0 Å². The molecule has 1 aliphatic heterocycles. The van der Waals surface area contributed by atoms with Gasteiger partial charge >= 0.3 is 0 Å². The van der Waals surface area contributed by atoms with Crippen molar-refractivity contribution in [3.8, 4) is 0 Å². The summed E-state index contributed by atoms with van der Waals surface area (Å²) in [6.45, 7) is 5.58. The van der Waals surface area contributed by atoms with Crippen LogP contribution >= 0.6 is 24.0 Å². The van der Waals surface area contributed by atoms with E-state index in [9.17, 15) is 0 Å².